The minimum Gasteiger partial charge on any atom is -0.478 e. The van der Waals surface area contributed by atoms with E-state index in [4.69, 9.17) is 15.6 Å². The van der Waals surface area contributed by atoms with E-state index in [2.05, 4.69) is 5.32 Å². The number of nitrogens with zero attached hydrogens (tertiary/aromatic N) is 2. The number of carboxylic acid groups (broad SMARTS) is 1. The van der Waals surface area contributed by atoms with Gasteiger partial charge in [0.1, 0.15) is 11.7 Å². The van der Waals surface area contributed by atoms with Gasteiger partial charge >= 0.3 is 18.2 Å². The van der Waals surface area contributed by atoms with Crippen LogP contribution in [0.25, 0.3) is 0 Å². The van der Waals surface area contributed by atoms with E-state index < -0.39 is 46.2 Å². The Balaban J connectivity index is 2.18. The fourth-order valence-electron chi connectivity index (χ4n) is 3.45. The zero-order valence-electron chi connectivity index (χ0n) is 17.5. The largest absolute Gasteiger partial charge is 0.478 e. The minimum absolute atomic E-state index is 0.0111. The van der Waals surface area contributed by atoms with Gasteiger partial charge in [-0.15, -0.1) is 0 Å². The second-order valence-corrected chi connectivity index (χ2v) is 8.43. The number of benzene rings is 1. The van der Waals surface area contributed by atoms with Crippen LogP contribution in [-0.2, 0) is 17.5 Å². The van der Waals surface area contributed by atoms with Gasteiger partial charge in [0.25, 0.3) is 0 Å². The van der Waals surface area contributed by atoms with E-state index in [0.29, 0.717) is 32.1 Å². The number of carbonyl (C=O) groups excluding carboxylic acids is 1. The third kappa shape index (κ3) is 6.24. The molecule has 1 amide bonds. The average Bonchev–Trinajstić information content (AvgIpc) is 3.05. The maximum Gasteiger partial charge on any atom is 0.416 e. The van der Waals surface area contributed by atoms with Gasteiger partial charge in [-0.1, -0.05) is 0 Å². The summed E-state index contributed by atoms with van der Waals surface area (Å²) in [6, 6.07) is 2.11. The average molecular weight is 442 g/mol. The molecular formula is C20H25F3N4O4. The van der Waals surface area contributed by atoms with Crippen LogP contribution in [0.5, 0.6) is 0 Å². The summed E-state index contributed by atoms with van der Waals surface area (Å²) in [5, 5.41) is 21.2. The number of hydrogen-bond acceptors (Lipinski definition) is 6. The SMILES string of the molecule is CC(C)(C)OC(=O)NC[C@@H]1CCN(Cc2c(C(F)(F)F)cc(C(=O)O)c(N)c2C#N)C1. The van der Waals surface area contributed by atoms with Crippen LogP contribution in [0.15, 0.2) is 6.07 Å². The lowest BCUT2D eigenvalue weighted by atomic mass is 9.94. The minimum atomic E-state index is -4.85. The van der Waals surface area contributed by atoms with Gasteiger partial charge in [-0.25, -0.2) is 9.59 Å². The smallest absolute Gasteiger partial charge is 0.416 e. The van der Waals surface area contributed by atoms with Gasteiger partial charge in [-0.05, 0) is 51.3 Å². The number of nitrogens with one attached hydrogen (secondary N) is 1. The molecule has 1 aromatic rings. The predicted octanol–water partition coefficient (Wildman–Crippen LogP) is 3.20. The van der Waals surface area contributed by atoms with E-state index in [1.165, 1.54) is 0 Å². The van der Waals surface area contributed by atoms with Crippen LogP contribution in [0.4, 0.5) is 23.7 Å². The number of carboxylic acids is 1. The molecule has 0 spiro atoms. The summed E-state index contributed by atoms with van der Waals surface area (Å²) in [4.78, 5) is 24.8. The molecule has 170 valence electrons. The van der Waals surface area contributed by atoms with E-state index in [0.717, 1.165) is 0 Å². The number of rotatable bonds is 5. The number of hydrogen-bond donors (Lipinski definition) is 3. The Bertz CT molecular complexity index is 904. The van der Waals surface area contributed by atoms with Crippen molar-refractivity contribution in [1.82, 2.24) is 10.2 Å². The lowest BCUT2D eigenvalue weighted by Gasteiger charge is -2.23. The summed E-state index contributed by atoms with van der Waals surface area (Å²) in [5.74, 6) is -1.65. The number of halogens is 3. The topological polar surface area (TPSA) is 129 Å². The predicted molar refractivity (Wildman–Crippen MR) is 105 cm³/mol. The molecule has 1 fully saturated rings. The molecule has 1 aliphatic heterocycles. The summed E-state index contributed by atoms with van der Waals surface area (Å²) in [7, 11) is 0. The molecule has 2 rings (SSSR count). The van der Waals surface area contributed by atoms with Crippen molar-refractivity contribution < 1.29 is 32.6 Å². The number of ether oxygens (including phenoxy) is 1. The Labute approximate surface area is 177 Å². The van der Waals surface area contributed by atoms with Gasteiger partial charge in [0.2, 0.25) is 0 Å². The van der Waals surface area contributed by atoms with Crippen LogP contribution in [0.3, 0.4) is 0 Å². The molecule has 0 bridgehead atoms. The van der Waals surface area contributed by atoms with E-state index >= 15 is 0 Å². The number of alkyl carbamates (subject to hydrolysis) is 1. The molecule has 1 saturated heterocycles. The first-order valence-electron chi connectivity index (χ1n) is 9.58. The molecule has 1 atom stereocenters. The maximum atomic E-state index is 13.6. The zero-order chi connectivity index (χ0) is 23.6. The second-order valence-electron chi connectivity index (χ2n) is 8.43. The number of alkyl halides is 3. The van der Waals surface area contributed by atoms with Crippen LogP contribution in [-0.4, -0.2) is 47.3 Å². The number of nitriles is 1. The van der Waals surface area contributed by atoms with Crippen molar-refractivity contribution >= 4 is 17.7 Å². The first-order valence-corrected chi connectivity index (χ1v) is 9.58. The molecule has 1 aliphatic rings. The van der Waals surface area contributed by atoms with E-state index in [1.54, 1.807) is 31.7 Å². The van der Waals surface area contributed by atoms with Gasteiger partial charge in [-0.3, -0.25) is 4.90 Å². The zero-order valence-corrected chi connectivity index (χ0v) is 17.5. The van der Waals surface area contributed by atoms with Gasteiger partial charge in [0.05, 0.1) is 22.4 Å². The molecule has 0 unspecified atom stereocenters. The molecular weight excluding hydrogens is 417 g/mol. The third-order valence-electron chi connectivity index (χ3n) is 4.81. The van der Waals surface area contributed by atoms with Crippen LogP contribution >= 0.6 is 0 Å². The van der Waals surface area contributed by atoms with Crippen molar-refractivity contribution in [2.24, 2.45) is 5.92 Å². The van der Waals surface area contributed by atoms with E-state index in [-0.39, 0.29) is 18.0 Å². The van der Waals surface area contributed by atoms with Gasteiger partial charge in [0.15, 0.2) is 0 Å². The lowest BCUT2D eigenvalue weighted by Crippen LogP contribution is -2.36. The molecule has 0 aliphatic carbocycles. The highest BCUT2D eigenvalue weighted by molar-refractivity contribution is 5.96. The van der Waals surface area contributed by atoms with Crippen LogP contribution < -0.4 is 11.1 Å². The molecule has 31 heavy (non-hydrogen) atoms. The number of anilines is 1. The normalized spacial score (nSPS) is 17.3. The molecule has 0 radical (unpaired) electrons. The van der Waals surface area contributed by atoms with Crippen LogP contribution in [0, 0.1) is 17.2 Å². The molecule has 1 aromatic carbocycles. The molecule has 8 nitrogen and oxygen atoms in total. The summed E-state index contributed by atoms with van der Waals surface area (Å²) in [6.07, 6.45) is -4.80. The van der Waals surface area contributed by atoms with E-state index in [9.17, 15) is 28.0 Å². The summed E-state index contributed by atoms with van der Waals surface area (Å²) in [5.41, 5.74) is 1.78. The first kappa shape index (κ1) is 24.3. The highest BCUT2D eigenvalue weighted by atomic mass is 19.4. The standard InChI is InChI=1S/C20H25F3N4O4/c1-19(2,3)31-18(30)26-8-11-4-5-27(9-11)10-14-13(7-24)16(25)12(17(28)29)6-15(14)20(21,22)23/h6,11H,4-5,8-10,25H2,1-3H3,(H,26,30)(H,28,29)/t11-/m0/s1. The third-order valence-corrected chi connectivity index (χ3v) is 4.81. The molecule has 11 heteroatoms. The highest BCUT2D eigenvalue weighted by Crippen LogP contribution is 2.38. The Morgan fingerprint density at radius 2 is 2.03 bits per heavy atom. The molecule has 1 heterocycles. The van der Waals surface area contributed by atoms with Crippen molar-refractivity contribution in [2.45, 2.75) is 45.5 Å². The quantitative estimate of drug-likeness (QED) is 0.597. The van der Waals surface area contributed by atoms with E-state index in [1.807, 2.05) is 0 Å². The number of nitrogens with two attached hydrogens (primary N) is 1. The monoisotopic (exact) mass is 442 g/mol. The Morgan fingerprint density at radius 1 is 1.39 bits per heavy atom. The van der Waals surface area contributed by atoms with Crippen molar-refractivity contribution in [1.29, 1.82) is 5.26 Å². The Morgan fingerprint density at radius 3 is 2.55 bits per heavy atom. The van der Waals surface area contributed by atoms with Gasteiger partial charge in [-0.2, -0.15) is 18.4 Å². The lowest BCUT2D eigenvalue weighted by molar-refractivity contribution is -0.138. The number of aromatic carboxylic acids is 1. The summed E-state index contributed by atoms with van der Waals surface area (Å²) in [6.45, 7) is 6.11. The van der Waals surface area contributed by atoms with Crippen molar-refractivity contribution in [2.75, 3.05) is 25.4 Å². The van der Waals surface area contributed by atoms with Gasteiger partial charge < -0.3 is 20.9 Å². The van der Waals surface area contributed by atoms with Crippen molar-refractivity contribution in [3.05, 3.63) is 28.3 Å². The fraction of sp³-hybridized carbons (Fsp3) is 0.550. The number of nitrogen functional groups attached to an aromatic ring is 1. The Kier molecular flexibility index (Phi) is 7.06. The van der Waals surface area contributed by atoms with Crippen LogP contribution in [0.2, 0.25) is 0 Å². The highest BCUT2D eigenvalue weighted by Gasteiger charge is 2.38. The number of likely N-dealkylation sites (tertiary alicyclic amines) is 1. The van der Waals surface area contributed by atoms with Gasteiger partial charge in [0, 0.05) is 19.6 Å². The molecule has 0 saturated carbocycles. The van der Waals surface area contributed by atoms with Crippen molar-refractivity contribution in [3.8, 4) is 6.07 Å². The van der Waals surface area contributed by atoms with Crippen LogP contribution in [0.1, 0.15) is 54.2 Å². The molecule has 0 aromatic heterocycles. The molecule has 4 N–H and O–H groups in total. The first-order chi connectivity index (χ1) is 14.2. The number of carbonyl (C=O) groups is 2. The summed E-state index contributed by atoms with van der Waals surface area (Å²) >= 11 is 0. The summed E-state index contributed by atoms with van der Waals surface area (Å²) < 4.78 is 46.0. The Hall–Kier alpha value is -3.00. The fourth-order valence-corrected chi connectivity index (χ4v) is 3.45. The number of amides is 1. The maximum absolute atomic E-state index is 13.6. The second kappa shape index (κ2) is 9.01. The van der Waals surface area contributed by atoms with Crippen molar-refractivity contribution in [3.63, 3.8) is 0 Å².